The van der Waals surface area contributed by atoms with Crippen LogP contribution in [0.3, 0.4) is 0 Å². The van der Waals surface area contributed by atoms with E-state index in [9.17, 15) is 4.79 Å². The smallest absolute Gasteiger partial charge is 0.270 e. The highest BCUT2D eigenvalue weighted by molar-refractivity contribution is 7.09. The molecule has 0 unspecified atom stereocenters. The molecule has 1 amide bonds. The average molecular weight is 376 g/mol. The molecule has 2 aromatic rings. The highest BCUT2D eigenvalue weighted by Crippen LogP contribution is 2.16. The van der Waals surface area contributed by atoms with E-state index in [4.69, 9.17) is 4.74 Å². The molecule has 1 aromatic carbocycles. The van der Waals surface area contributed by atoms with Gasteiger partial charge in [-0.05, 0) is 46.8 Å². The second-order valence-electron chi connectivity index (χ2n) is 6.91. The first-order chi connectivity index (χ1) is 12.4. The van der Waals surface area contributed by atoms with Crippen molar-refractivity contribution in [3.8, 4) is 5.75 Å². The summed E-state index contributed by atoms with van der Waals surface area (Å²) in [6.45, 7) is 12.5. The van der Waals surface area contributed by atoms with E-state index in [1.807, 2.05) is 31.2 Å². The normalized spacial score (nSPS) is 11.4. The number of aryl methyl sites for hydroxylation is 1. The second-order valence-corrected chi connectivity index (χ2v) is 7.85. The number of nitrogens with zero attached hydrogens (tertiary/aromatic N) is 2. The summed E-state index contributed by atoms with van der Waals surface area (Å²) in [6, 6.07) is 8.80. The van der Waals surface area contributed by atoms with Crippen LogP contribution in [0.15, 0.2) is 29.6 Å². The van der Waals surface area contributed by atoms with Crippen LogP contribution in [-0.4, -0.2) is 41.0 Å². The van der Waals surface area contributed by atoms with Crippen LogP contribution in [0.4, 0.5) is 0 Å². The van der Waals surface area contributed by atoms with E-state index >= 15 is 0 Å². The topological polar surface area (TPSA) is 54.5 Å². The predicted molar refractivity (Wildman–Crippen MR) is 107 cm³/mol. The van der Waals surface area contributed by atoms with Crippen LogP contribution < -0.4 is 10.1 Å². The minimum Gasteiger partial charge on any atom is -0.486 e. The van der Waals surface area contributed by atoms with Gasteiger partial charge in [-0.15, -0.1) is 11.3 Å². The fraction of sp³-hybridized carbons (Fsp3) is 0.500. The molecule has 1 heterocycles. The molecule has 0 saturated carbocycles. The number of carbonyl (C=O) groups is 1. The van der Waals surface area contributed by atoms with E-state index in [0.29, 0.717) is 30.9 Å². The lowest BCUT2D eigenvalue weighted by atomic mass is 10.2. The first kappa shape index (κ1) is 20.4. The van der Waals surface area contributed by atoms with Crippen LogP contribution in [0.25, 0.3) is 0 Å². The number of rotatable bonds is 9. The van der Waals surface area contributed by atoms with Gasteiger partial charge in [-0.2, -0.15) is 0 Å². The molecule has 0 spiro atoms. The van der Waals surface area contributed by atoms with Gasteiger partial charge in [0, 0.05) is 30.6 Å². The summed E-state index contributed by atoms with van der Waals surface area (Å²) in [5, 5.41) is 5.53. The molecule has 6 heteroatoms. The molecule has 2 rings (SSSR count). The first-order valence-electron chi connectivity index (χ1n) is 9.04. The third-order valence-electron chi connectivity index (χ3n) is 4.15. The molecule has 142 valence electrons. The van der Waals surface area contributed by atoms with Crippen LogP contribution in [0, 0.1) is 6.92 Å². The molecule has 1 N–H and O–H groups in total. The molecular formula is C20H29N3O2S. The largest absolute Gasteiger partial charge is 0.486 e. The lowest BCUT2D eigenvalue weighted by Crippen LogP contribution is -2.42. The summed E-state index contributed by atoms with van der Waals surface area (Å²) in [5.41, 5.74) is 1.65. The van der Waals surface area contributed by atoms with Gasteiger partial charge in [-0.1, -0.05) is 17.7 Å². The van der Waals surface area contributed by atoms with E-state index in [2.05, 4.69) is 42.9 Å². The van der Waals surface area contributed by atoms with Gasteiger partial charge in [-0.25, -0.2) is 4.98 Å². The predicted octanol–water partition coefficient (Wildman–Crippen LogP) is 3.88. The average Bonchev–Trinajstić information content (AvgIpc) is 3.06. The minimum atomic E-state index is -0.129. The Balaban J connectivity index is 1.80. The molecule has 0 aliphatic heterocycles. The van der Waals surface area contributed by atoms with Gasteiger partial charge in [-0.3, -0.25) is 9.69 Å². The van der Waals surface area contributed by atoms with E-state index in [1.54, 1.807) is 5.38 Å². The van der Waals surface area contributed by atoms with Gasteiger partial charge < -0.3 is 10.1 Å². The third kappa shape index (κ3) is 6.11. The van der Waals surface area contributed by atoms with Gasteiger partial charge in [0.25, 0.3) is 5.91 Å². The third-order valence-corrected chi connectivity index (χ3v) is 4.97. The van der Waals surface area contributed by atoms with Crippen LogP contribution in [0.1, 0.15) is 48.8 Å². The molecule has 0 bridgehead atoms. The van der Waals surface area contributed by atoms with E-state index in [0.717, 1.165) is 17.3 Å². The number of amides is 1. The number of ether oxygens (including phenoxy) is 1. The molecule has 0 fully saturated rings. The zero-order valence-electron chi connectivity index (χ0n) is 16.3. The lowest BCUT2D eigenvalue weighted by molar-refractivity contribution is 0.0935. The molecule has 1 aromatic heterocycles. The molecule has 0 aliphatic carbocycles. The monoisotopic (exact) mass is 375 g/mol. The number of aromatic nitrogens is 1. The van der Waals surface area contributed by atoms with Crippen molar-refractivity contribution in [2.75, 3.05) is 13.1 Å². The van der Waals surface area contributed by atoms with Crippen molar-refractivity contribution < 1.29 is 9.53 Å². The van der Waals surface area contributed by atoms with E-state index < -0.39 is 0 Å². The Morgan fingerprint density at radius 3 is 2.46 bits per heavy atom. The second kappa shape index (κ2) is 9.69. The molecule has 0 atom stereocenters. The molecule has 26 heavy (non-hydrogen) atoms. The van der Waals surface area contributed by atoms with Crippen molar-refractivity contribution in [2.45, 2.75) is 53.3 Å². The van der Waals surface area contributed by atoms with Crippen LogP contribution >= 0.6 is 11.3 Å². The van der Waals surface area contributed by atoms with Gasteiger partial charge in [0.15, 0.2) is 0 Å². The summed E-state index contributed by atoms with van der Waals surface area (Å²) in [5.74, 6) is 0.676. The minimum absolute atomic E-state index is 0.129. The van der Waals surface area contributed by atoms with E-state index in [-0.39, 0.29) is 5.91 Å². The Labute approximate surface area is 160 Å². The number of hydrogen-bond donors (Lipinski definition) is 1. The Morgan fingerprint density at radius 2 is 1.85 bits per heavy atom. The maximum absolute atomic E-state index is 12.3. The van der Waals surface area contributed by atoms with Gasteiger partial charge in [0.05, 0.1) is 0 Å². The summed E-state index contributed by atoms with van der Waals surface area (Å²) < 4.78 is 5.71. The van der Waals surface area contributed by atoms with Crippen molar-refractivity contribution >= 4 is 17.2 Å². The lowest BCUT2D eigenvalue weighted by Gasteiger charge is -2.30. The summed E-state index contributed by atoms with van der Waals surface area (Å²) in [7, 11) is 0. The number of carbonyl (C=O) groups excluding carboxylic acids is 1. The maximum atomic E-state index is 12.3. The van der Waals surface area contributed by atoms with Crippen molar-refractivity contribution in [1.82, 2.24) is 15.2 Å². The van der Waals surface area contributed by atoms with Crippen molar-refractivity contribution in [3.63, 3.8) is 0 Å². The van der Waals surface area contributed by atoms with E-state index in [1.165, 1.54) is 16.9 Å². The van der Waals surface area contributed by atoms with Crippen molar-refractivity contribution in [1.29, 1.82) is 0 Å². The summed E-state index contributed by atoms with van der Waals surface area (Å²) in [4.78, 5) is 19.0. The molecule has 0 aliphatic rings. The summed E-state index contributed by atoms with van der Waals surface area (Å²) in [6.07, 6.45) is 0. The quantitative estimate of drug-likeness (QED) is 0.723. The standard InChI is InChI=1S/C20H29N3O2S/c1-14(2)23(15(3)4)11-10-21-20(24)18-13-26-19(22-18)12-25-17-8-6-16(5)7-9-17/h6-9,13-15H,10-12H2,1-5H3,(H,21,24). The maximum Gasteiger partial charge on any atom is 0.270 e. The zero-order valence-corrected chi connectivity index (χ0v) is 17.1. The number of thiazole rings is 1. The highest BCUT2D eigenvalue weighted by atomic mass is 32.1. The zero-order chi connectivity index (χ0) is 19.1. The summed E-state index contributed by atoms with van der Waals surface area (Å²) >= 11 is 1.44. The first-order valence-corrected chi connectivity index (χ1v) is 9.92. The van der Waals surface area contributed by atoms with Gasteiger partial charge in [0.2, 0.25) is 0 Å². The number of nitrogens with one attached hydrogen (secondary N) is 1. The Morgan fingerprint density at radius 1 is 1.19 bits per heavy atom. The van der Waals surface area contributed by atoms with Crippen LogP contribution in [-0.2, 0) is 6.61 Å². The highest BCUT2D eigenvalue weighted by Gasteiger charge is 2.15. The SMILES string of the molecule is Cc1ccc(OCc2nc(C(=O)NCCN(C(C)C)C(C)C)cs2)cc1. The molecule has 5 nitrogen and oxygen atoms in total. The van der Waals surface area contributed by atoms with Crippen LogP contribution in [0.5, 0.6) is 5.75 Å². The Hall–Kier alpha value is -1.92. The van der Waals surface area contributed by atoms with Crippen molar-refractivity contribution in [3.05, 3.63) is 45.9 Å². The van der Waals surface area contributed by atoms with Crippen molar-refractivity contribution in [2.24, 2.45) is 0 Å². The molecular weight excluding hydrogens is 346 g/mol. The molecule has 0 saturated heterocycles. The number of hydrogen-bond acceptors (Lipinski definition) is 5. The van der Waals surface area contributed by atoms with Gasteiger partial charge in [0.1, 0.15) is 23.1 Å². The fourth-order valence-corrected chi connectivity index (χ4v) is 3.45. The van der Waals surface area contributed by atoms with Gasteiger partial charge >= 0.3 is 0 Å². The fourth-order valence-electron chi connectivity index (χ4n) is 2.76. The van der Waals surface area contributed by atoms with Crippen LogP contribution in [0.2, 0.25) is 0 Å². The Kier molecular flexibility index (Phi) is 7.60. The number of benzene rings is 1. The molecule has 0 radical (unpaired) electrons. The Bertz CT molecular complexity index is 687.